The fourth-order valence-corrected chi connectivity index (χ4v) is 2.19. The van der Waals surface area contributed by atoms with Crippen molar-refractivity contribution in [2.75, 3.05) is 0 Å². The molecule has 7 heteroatoms. The minimum absolute atomic E-state index is 0.457. The Morgan fingerprint density at radius 2 is 2.27 bits per heavy atom. The molecule has 0 bridgehead atoms. The third kappa shape index (κ3) is 1.73. The van der Waals surface area contributed by atoms with Crippen molar-refractivity contribution in [3.8, 4) is 0 Å². The van der Waals surface area contributed by atoms with Crippen molar-refractivity contribution in [1.82, 2.24) is 19.8 Å². The monoisotopic (exact) mass is 227 g/mol. The van der Waals surface area contributed by atoms with E-state index in [1.54, 1.807) is 11.4 Å². The molecule has 82 valence electrons. The van der Waals surface area contributed by atoms with E-state index in [2.05, 4.69) is 15.3 Å². The Bertz CT molecular complexity index is 462. The van der Waals surface area contributed by atoms with Gasteiger partial charge in [-0.05, 0) is 6.92 Å². The number of nitrogens with zero attached hydrogens (tertiary/aromatic N) is 4. The van der Waals surface area contributed by atoms with E-state index in [0.717, 1.165) is 17.2 Å². The Labute approximate surface area is 90.7 Å². The maximum Gasteiger partial charge on any atom is 0.234 e. The molecule has 0 spiro atoms. The molecule has 2 atom stereocenters. The Hall–Kier alpha value is -1.05. The predicted molar refractivity (Wildman–Crippen MR) is 56.6 cm³/mol. The van der Waals surface area contributed by atoms with Crippen LogP contribution in [-0.2, 0) is 6.42 Å². The number of rotatable bonds is 3. The molecule has 2 heterocycles. The molecule has 0 saturated heterocycles. The number of hydrogen-bond donors (Lipinski definition) is 2. The molecular formula is C8H13N5OS. The Kier molecular flexibility index (Phi) is 2.68. The number of aryl methyl sites for hydroxylation is 1. The zero-order valence-corrected chi connectivity index (χ0v) is 9.40. The highest BCUT2D eigenvalue weighted by molar-refractivity contribution is 7.16. The molecule has 15 heavy (non-hydrogen) atoms. The van der Waals surface area contributed by atoms with Crippen LogP contribution in [0.4, 0.5) is 0 Å². The van der Waals surface area contributed by atoms with Gasteiger partial charge < -0.3 is 10.8 Å². The van der Waals surface area contributed by atoms with Gasteiger partial charge in [-0.1, -0.05) is 18.3 Å². The second kappa shape index (κ2) is 3.84. The van der Waals surface area contributed by atoms with Crippen molar-refractivity contribution >= 4 is 16.3 Å². The summed E-state index contributed by atoms with van der Waals surface area (Å²) in [7, 11) is 0. The maximum absolute atomic E-state index is 9.36. The topological polar surface area (TPSA) is 89.3 Å². The van der Waals surface area contributed by atoms with Gasteiger partial charge in [0.25, 0.3) is 0 Å². The van der Waals surface area contributed by atoms with Crippen LogP contribution in [0.2, 0.25) is 0 Å². The van der Waals surface area contributed by atoms with Gasteiger partial charge in [-0.15, -0.1) is 10.2 Å². The number of aromatic nitrogens is 4. The van der Waals surface area contributed by atoms with E-state index in [1.165, 1.54) is 11.3 Å². The molecule has 6 nitrogen and oxygen atoms in total. The zero-order chi connectivity index (χ0) is 11.0. The molecule has 0 aliphatic carbocycles. The zero-order valence-electron chi connectivity index (χ0n) is 8.58. The van der Waals surface area contributed by atoms with Crippen molar-refractivity contribution in [2.45, 2.75) is 32.4 Å². The van der Waals surface area contributed by atoms with Crippen LogP contribution in [0.25, 0.3) is 4.96 Å². The maximum atomic E-state index is 9.36. The fourth-order valence-electron chi connectivity index (χ4n) is 1.23. The molecule has 0 radical (unpaired) electrons. The minimum atomic E-state index is -0.612. The molecule has 0 amide bonds. The van der Waals surface area contributed by atoms with E-state index >= 15 is 0 Å². The number of aliphatic hydroxyl groups excluding tert-OH is 1. The Balaban J connectivity index is 2.43. The van der Waals surface area contributed by atoms with Crippen LogP contribution < -0.4 is 5.73 Å². The summed E-state index contributed by atoms with van der Waals surface area (Å²) in [6, 6.07) is -0.457. The lowest BCUT2D eigenvalue weighted by atomic mass is 10.2. The molecule has 0 aliphatic rings. The van der Waals surface area contributed by atoms with Crippen molar-refractivity contribution < 1.29 is 5.11 Å². The van der Waals surface area contributed by atoms with E-state index in [-0.39, 0.29) is 0 Å². The molecule has 0 aromatic carbocycles. The largest absolute Gasteiger partial charge is 0.391 e. The van der Waals surface area contributed by atoms with Gasteiger partial charge in [-0.2, -0.15) is 9.61 Å². The number of nitrogens with two attached hydrogens (primary N) is 1. The van der Waals surface area contributed by atoms with Crippen LogP contribution in [0.3, 0.4) is 0 Å². The summed E-state index contributed by atoms with van der Waals surface area (Å²) in [5.74, 6) is 0.810. The second-order valence-electron chi connectivity index (χ2n) is 3.37. The van der Waals surface area contributed by atoms with Gasteiger partial charge in [-0.25, -0.2) is 0 Å². The second-order valence-corrected chi connectivity index (χ2v) is 4.36. The summed E-state index contributed by atoms with van der Waals surface area (Å²) in [5.41, 5.74) is 5.79. The van der Waals surface area contributed by atoms with E-state index in [0.29, 0.717) is 5.01 Å². The molecule has 2 aromatic heterocycles. The Morgan fingerprint density at radius 1 is 1.53 bits per heavy atom. The van der Waals surface area contributed by atoms with Gasteiger partial charge in [-0.3, -0.25) is 0 Å². The molecular weight excluding hydrogens is 214 g/mol. The SMILES string of the molecule is CCc1nnc2sc(C(N)C(C)O)nn12. The molecule has 3 N–H and O–H groups in total. The molecule has 0 saturated carbocycles. The molecule has 2 aromatic rings. The van der Waals surface area contributed by atoms with Gasteiger partial charge >= 0.3 is 0 Å². The molecule has 2 rings (SSSR count). The first kappa shape index (κ1) is 10.5. The summed E-state index contributed by atoms with van der Waals surface area (Å²) >= 11 is 1.36. The van der Waals surface area contributed by atoms with Crippen LogP contribution >= 0.6 is 11.3 Å². The van der Waals surface area contributed by atoms with Crippen LogP contribution in [0.15, 0.2) is 0 Å². The van der Waals surface area contributed by atoms with Gasteiger partial charge in [0.2, 0.25) is 4.96 Å². The molecule has 0 aliphatic heterocycles. The van der Waals surface area contributed by atoms with Crippen LogP contribution in [0.5, 0.6) is 0 Å². The van der Waals surface area contributed by atoms with Gasteiger partial charge in [0.15, 0.2) is 5.82 Å². The molecule has 2 unspecified atom stereocenters. The van der Waals surface area contributed by atoms with E-state index in [4.69, 9.17) is 5.73 Å². The summed E-state index contributed by atoms with van der Waals surface area (Å²) in [4.78, 5) is 0.720. The number of fused-ring (bicyclic) bond motifs is 1. The standard InChI is InChI=1S/C8H13N5OS/c1-3-5-10-11-8-13(5)12-7(15-8)6(9)4(2)14/h4,6,14H,3,9H2,1-2H3. The van der Waals surface area contributed by atoms with Crippen molar-refractivity contribution in [1.29, 1.82) is 0 Å². The predicted octanol–water partition coefficient (Wildman–Crippen LogP) is 0.129. The highest BCUT2D eigenvalue weighted by Gasteiger charge is 2.19. The van der Waals surface area contributed by atoms with Crippen LogP contribution in [-0.4, -0.2) is 31.0 Å². The highest BCUT2D eigenvalue weighted by atomic mass is 32.1. The third-order valence-electron chi connectivity index (χ3n) is 2.19. The lowest BCUT2D eigenvalue weighted by Gasteiger charge is -2.09. The van der Waals surface area contributed by atoms with Crippen LogP contribution in [0, 0.1) is 0 Å². The van der Waals surface area contributed by atoms with Crippen LogP contribution in [0.1, 0.15) is 30.7 Å². The normalized spacial score (nSPS) is 15.7. The van der Waals surface area contributed by atoms with Crippen molar-refractivity contribution in [3.05, 3.63) is 10.8 Å². The van der Waals surface area contributed by atoms with Crippen molar-refractivity contribution in [3.63, 3.8) is 0 Å². The van der Waals surface area contributed by atoms with Gasteiger partial charge in [0.1, 0.15) is 5.01 Å². The minimum Gasteiger partial charge on any atom is -0.391 e. The number of hydrogen-bond acceptors (Lipinski definition) is 6. The average Bonchev–Trinajstić information content (AvgIpc) is 2.74. The van der Waals surface area contributed by atoms with Crippen molar-refractivity contribution in [2.24, 2.45) is 5.73 Å². The van der Waals surface area contributed by atoms with E-state index in [1.807, 2.05) is 6.92 Å². The smallest absolute Gasteiger partial charge is 0.234 e. The first-order valence-electron chi connectivity index (χ1n) is 4.78. The first-order chi connectivity index (χ1) is 7.13. The fraction of sp³-hybridized carbons (Fsp3) is 0.625. The summed E-state index contributed by atoms with van der Waals surface area (Å²) in [6.07, 6.45) is 0.160. The third-order valence-corrected chi connectivity index (χ3v) is 3.19. The Morgan fingerprint density at radius 3 is 2.87 bits per heavy atom. The summed E-state index contributed by atoms with van der Waals surface area (Å²) in [6.45, 7) is 3.64. The summed E-state index contributed by atoms with van der Waals surface area (Å²) in [5, 5.41) is 22.3. The highest BCUT2D eigenvalue weighted by Crippen LogP contribution is 2.21. The van der Waals surface area contributed by atoms with E-state index < -0.39 is 12.1 Å². The lowest BCUT2D eigenvalue weighted by Crippen LogP contribution is -2.23. The molecule has 0 fully saturated rings. The van der Waals surface area contributed by atoms with E-state index in [9.17, 15) is 5.11 Å². The number of aliphatic hydroxyl groups is 1. The average molecular weight is 227 g/mol. The quantitative estimate of drug-likeness (QED) is 0.778. The lowest BCUT2D eigenvalue weighted by molar-refractivity contribution is 0.163. The summed E-state index contributed by atoms with van der Waals surface area (Å²) < 4.78 is 1.68. The van der Waals surface area contributed by atoms with Gasteiger partial charge in [0.05, 0.1) is 12.1 Å². The van der Waals surface area contributed by atoms with Gasteiger partial charge in [0, 0.05) is 6.42 Å². The first-order valence-corrected chi connectivity index (χ1v) is 5.59.